The number of hydrogen-bond acceptors (Lipinski definition) is 3. The molecule has 0 amide bonds. The Morgan fingerprint density at radius 1 is 1.18 bits per heavy atom. The molecule has 28 heavy (non-hydrogen) atoms. The van der Waals surface area contributed by atoms with Gasteiger partial charge in [0.15, 0.2) is 17.5 Å². The number of quaternary nitrogens is 3. The second-order valence-electron chi connectivity index (χ2n) is 7.87. The highest BCUT2D eigenvalue weighted by atomic mass is 35.5. The number of fused-ring (bicyclic) bond motifs is 1. The van der Waals surface area contributed by atoms with Crippen LogP contribution in [0.5, 0.6) is 11.5 Å². The van der Waals surface area contributed by atoms with Crippen molar-refractivity contribution in [2.24, 2.45) is 0 Å². The summed E-state index contributed by atoms with van der Waals surface area (Å²) in [4.78, 5) is 4.88. The highest BCUT2D eigenvalue weighted by Crippen LogP contribution is 2.37. The van der Waals surface area contributed by atoms with Crippen LogP contribution in [0.1, 0.15) is 22.9 Å². The van der Waals surface area contributed by atoms with E-state index in [0.717, 1.165) is 25.3 Å². The monoisotopic (exact) mass is 424 g/mol. The Labute approximate surface area is 176 Å². The smallest absolute Gasteiger partial charge is 0.179 e. The van der Waals surface area contributed by atoms with Gasteiger partial charge >= 0.3 is 0 Å². The maximum atomic E-state index is 6.45. The number of nitrogens with two attached hydrogens (primary N) is 1. The van der Waals surface area contributed by atoms with Gasteiger partial charge in [-0.2, -0.15) is 0 Å². The first-order valence-electron chi connectivity index (χ1n) is 10.3. The van der Waals surface area contributed by atoms with Gasteiger partial charge in [-0.25, -0.2) is 0 Å². The molecule has 1 aromatic carbocycles. The fraction of sp³-hybridized carbons (Fsp3) is 0.524. The molecule has 5 nitrogen and oxygen atoms in total. The van der Waals surface area contributed by atoms with Gasteiger partial charge in [0.05, 0.1) is 30.2 Å². The number of piperazine rings is 1. The molecule has 2 aliphatic rings. The van der Waals surface area contributed by atoms with Crippen molar-refractivity contribution >= 4 is 22.9 Å². The molecular weight excluding hydrogens is 394 g/mol. The molecule has 0 radical (unpaired) electrons. The summed E-state index contributed by atoms with van der Waals surface area (Å²) in [5, 5.41) is 5.27. The predicted octanol–water partition coefficient (Wildman–Crippen LogP) is -0.219. The lowest BCUT2D eigenvalue weighted by Crippen LogP contribution is -3.27. The van der Waals surface area contributed by atoms with Crippen molar-refractivity contribution in [2.45, 2.75) is 19.0 Å². The van der Waals surface area contributed by atoms with Crippen LogP contribution < -0.4 is 24.6 Å². The molecule has 7 heteroatoms. The van der Waals surface area contributed by atoms with E-state index < -0.39 is 0 Å². The number of hydrogen-bond donors (Lipinski definition) is 3. The van der Waals surface area contributed by atoms with Crippen LogP contribution in [0.3, 0.4) is 0 Å². The second kappa shape index (κ2) is 9.46. The van der Waals surface area contributed by atoms with Crippen molar-refractivity contribution in [3.8, 4) is 11.5 Å². The van der Waals surface area contributed by atoms with E-state index in [9.17, 15) is 0 Å². The highest BCUT2D eigenvalue weighted by molar-refractivity contribution is 7.10. The third-order valence-corrected chi connectivity index (χ3v) is 7.04. The Morgan fingerprint density at radius 2 is 2.00 bits per heavy atom. The van der Waals surface area contributed by atoms with Gasteiger partial charge in [0.2, 0.25) is 0 Å². The minimum atomic E-state index is 0.559. The van der Waals surface area contributed by atoms with Crippen LogP contribution >= 0.6 is 22.9 Å². The van der Waals surface area contributed by atoms with Crippen LogP contribution in [0.2, 0.25) is 5.02 Å². The highest BCUT2D eigenvalue weighted by Gasteiger charge is 2.31. The lowest BCUT2D eigenvalue weighted by atomic mass is 10.1. The maximum absolute atomic E-state index is 6.45. The fourth-order valence-corrected chi connectivity index (χ4v) is 5.32. The van der Waals surface area contributed by atoms with Gasteiger partial charge in [-0.15, -0.1) is 11.3 Å². The van der Waals surface area contributed by atoms with Crippen molar-refractivity contribution in [3.05, 3.63) is 45.1 Å². The summed E-state index contributed by atoms with van der Waals surface area (Å²) in [6.07, 6.45) is 0.893. The number of rotatable bonds is 6. The molecule has 0 unspecified atom stereocenters. The molecule has 4 N–H and O–H groups in total. The zero-order valence-corrected chi connectivity index (χ0v) is 18.1. The summed E-state index contributed by atoms with van der Waals surface area (Å²) in [7, 11) is 2.30. The third-order valence-electron chi connectivity index (χ3n) is 5.77. The quantitative estimate of drug-likeness (QED) is 0.600. The largest absolute Gasteiger partial charge is 0.489 e. The minimum absolute atomic E-state index is 0.559. The Kier molecular flexibility index (Phi) is 6.75. The van der Waals surface area contributed by atoms with Gasteiger partial charge in [0.1, 0.15) is 39.3 Å². The van der Waals surface area contributed by atoms with Crippen LogP contribution in [0.25, 0.3) is 0 Å². The van der Waals surface area contributed by atoms with Crippen molar-refractivity contribution in [1.82, 2.24) is 0 Å². The van der Waals surface area contributed by atoms with Gasteiger partial charge in [0.25, 0.3) is 0 Å². The molecule has 4 rings (SSSR count). The third kappa shape index (κ3) is 4.81. The van der Waals surface area contributed by atoms with Gasteiger partial charge < -0.3 is 24.6 Å². The van der Waals surface area contributed by atoms with Gasteiger partial charge in [-0.1, -0.05) is 17.7 Å². The number of thiophene rings is 1. The normalized spacial score (nSPS) is 23.2. The molecular formula is C21H31ClN3O2S+3. The second-order valence-corrected chi connectivity index (χ2v) is 9.25. The summed E-state index contributed by atoms with van der Waals surface area (Å²) < 4.78 is 11.6. The molecule has 1 atom stereocenters. The van der Waals surface area contributed by atoms with Crippen molar-refractivity contribution in [1.29, 1.82) is 0 Å². The van der Waals surface area contributed by atoms with E-state index in [2.05, 4.69) is 35.9 Å². The van der Waals surface area contributed by atoms with Crippen LogP contribution in [0.15, 0.2) is 29.6 Å². The average molecular weight is 425 g/mol. The SMILES string of the molecule is C[NH+]1CC[NH+]([C@H](C[NH2+]Cc2cc(Cl)c3c(c2)OCCCO3)c2cccs2)CC1. The zero-order chi connectivity index (χ0) is 19.3. The average Bonchev–Trinajstić information content (AvgIpc) is 3.11. The standard InChI is InChI=1S/C21H28ClN3O2S/c1-24-5-7-25(8-6-24)18(20-4-2-11-28-20)15-23-14-16-12-17(22)21-19(13-16)26-9-3-10-27-21/h2,4,11-13,18,23H,3,5-10,14-15H2,1H3/p+3/t18-/m1/s1. The number of likely N-dealkylation sites (N-methyl/N-ethyl adjacent to an activating group) is 1. The lowest BCUT2D eigenvalue weighted by Gasteiger charge is -2.32. The van der Waals surface area contributed by atoms with Crippen molar-refractivity contribution in [2.75, 3.05) is 53.0 Å². The van der Waals surface area contributed by atoms with E-state index in [-0.39, 0.29) is 0 Å². The maximum Gasteiger partial charge on any atom is 0.179 e. The van der Waals surface area contributed by atoms with Crippen LogP contribution in [-0.4, -0.2) is 53.0 Å². The first-order valence-corrected chi connectivity index (χ1v) is 11.6. The number of nitrogens with one attached hydrogen (secondary N) is 2. The Morgan fingerprint density at radius 3 is 2.79 bits per heavy atom. The summed E-state index contributed by atoms with van der Waals surface area (Å²) in [6.45, 7) is 8.35. The Balaban J connectivity index is 1.41. The minimum Gasteiger partial charge on any atom is -0.489 e. The van der Waals surface area contributed by atoms with Crippen molar-refractivity contribution in [3.63, 3.8) is 0 Å². The molecule has 1 fully saturated rings. The molecule has 152 valence electrons. The summed E-state index contributed by atoms with van der Waals surface area (Å²) in [5.74, 6) is 1.49. The predicted molar refractivity (Wildman–Crippen MR) is 112 cm³/mol. The van der Waals surface area contributed by atoms with E-state index in [1.807, 2.05) is 17.4 Å². The van der Waals surface area contributed by atoms with E-state index in [1.165, 1.54) is 36.6 Å². The van der Waals surface area contributed by atoms with E-state index >= 15 is 0 Å². The number of halogens is 1. The first-order chi connectivity index (χ1) is 13.7. The van der Waals surface area contributed by atoms with E-state index in [0.29, 0.717) is 30.0 Å². The van der Waals surface area contributed by atoms with Gasteiger partial charge in [0, 0.05) is 12.0 Å². The fourth-order valence-electron chi connectivity index (χ4n) is 4.14. The molecule has 3 heterocycles. The summed E-state index contributed by atoms with van der Waals surface area (Å²) in [5.41, 5.74) is 1.19. The molecule has 0 spiro atoms. The molecule has 0 saturated carbocycles. The number of benzene rings is 1. The molecule has 1 saturated heterocycles. The molecule has 1 aromatic heterocycles. The van der Waals surface area contributed by atoms with Gasteiger partial charge in [-0.3, -0.25) is 0 Å². The van der Waals surface area contributed by atoms with E-state index in [1.54, 1.807) is 9.80 Å². The van der Waals surface area contributed by atoms with Crippen LogP contribution in [-0.2, 0) is 6.54 Å². The summed E-state index contributed by atoms with van der Waals surface area (Å²) in [6, 6.07) is 9.15. The van der Waals surface area contributed by atoms with Gasteiger partial charge in [-0.05, 0) is 23.6 Å². The van der Waals surface area contributed by atoms with Crippen molar-refractivity contribution < 1.29 is 24.6 Å². The van der Waals surface area contributed by atoms with E-state index in [4.69, 9.17) is 21.1 Å². The molecule has 2 aromatic rings. The summed E-state index contributed by atoms with van der Waals surface area (Å²) >= 11 is 8.34. The number of ether oxygens (including phenoxy) is 2. The zero-order valence-electron chi connectivity index (χ0n) is 16.5. The van der Waals surface area contributed by atoms with Crippen LogP contribution in [0, 0.1) is 0 Å². The molecule has 2 aliphatic heterocycles. The Hall–Kier alpha value is -1.31. The van der Waals surface area contributed by atoms with Crippen LogP contribution in [0.4, 0.5) is 0 Å². The molecule has 0 bridgehead atoms. The lowest BCUT2D eigenvalue weighted by molar-refractivity contribution is -1.02. The molecule has 0 aliphatic carbocycles. The Bertz CT molecular complexity index is 763. The first kappa shape index (κ1) is 20.0. The topological polar surface area (TPSA) is 44.0 Å².